The number of benzene rings is 2. The summed E-state index contributed by atoms with van der Waals surface area (Å²) in [6.45, 7) is 10.3. The van der Waals surface area contributed by atoms with Gasteiger partial charge in [-0.15, -0.1) is 0 Å². The average Bonchev–Trinajstić information content (AvgIpc) is 2.76. The summed E-state index contributed by atoms with van der Waals surface area (Å²) >= 11 is 0. The Kier molecular flexibility index (Phi) is 9.38. The molecule has 0 aliphatic rings. The molecule has 0 saturated heterocycles. The van der Waals surface area contributed by atoms with Gasteiger partial charge in [-0.25, -0.2) is 0 Å². The second kappa shape index (κ2) is 11.5. The second-order valence-corrected chi connectivity index (χ2v) is 8.58. The molecule has 0 fully saturated rings. The van der Waals surface area contributed by atoms with Crippen molar-refractivity contribution >= 4 is 0 Å². The number of hydrogen-bond donors (Lipinski definition) is 0. The molecule has 0 aliphatic heterocycles. The number of quaternary nitrogens is 1. The molecule has 0 bridgehead atoms. The molecule has 0 saturated carbocycles. The van der Waals surface area contributed by atoms with Crippen molar-refractivity contribution in [2.24, 2.45) is 0 Å². The molecule has 2 aromatic rings. The fourth-order valence-electron chi connectivity index (χ4n) is 4.02. The lowest BCUT2D eigenvalue weighted by molar-refractivity contribution is -1.000. The summed E-state index contributed by atoms with van der Waals surface area (Å²) < 4.78 is 14.0. The summed E-state index contributed by atoms with van der Waals surface area (Å²) in [5.41, 5.74) is 4.04. The molecule has 0 N–H and O–H groups in total. The van der Waals surface area contributed by atoms with Crippen LogP contribution in [-0.4, -0.2) is 31.7 Å². The standard InChI is InChI=1S/C27H42NO2/c1-7-11-17-23-18-16-22-26(25(23)21-12-8-2)27(29-10-4,28(5,6)9-3)30-24-19-14-13-15-20-24/h13-16,18-20,22H,7-12,17,21H2,1-6H3/q+1. The van der Waals surface area contributed by atoms with Crippen LogP contribution in [-0.2, 0) is 23.5 Å². The van der Waals surface area contributed by atoms with Crippen molar-refractivity contribution in [3.8, 4) is 5.75 Å². The maximum Gasteiger partial charge on any atom is 0.390 e. The first kappa shape index (κ1) is 24.4. The Bertz CT molecular complexity index is 757. The molecule has 2 aromatic carbocycles. The van der Waals surface area contributed by atoms with Crippen molar-refractivity contribution < 1.29 is 14.0 Å². The predicted octanol–water partition coefficient (Wildman–Crippen LogP) is 6.69. The number of hydrogen-bond acceptors (Lipinski definition) is 2. The molecule has 1 atom stereocenters. The zero-order chi connectivity index (χ0) is 22.0. The fourth-order valence-corrected chi connectivity index (χ4v) is 4.02. The number of ether oxygens (including phenoxy) is 2. The lowest BCUT2D eigenvalue weighted by Crippen LogP contribution is -2.62. The topological polar surface area (TPSA) is 18.5 Å². The molecule has 3 heteroatoms. The quantitative estimate of drug-likeness (QED) is 0.269. The smallest absolute Gasteiger partial charge is 0.390 e. The van der Waals surface area contributed by atoms with Crippen LogP contribution in [0.3, 0.4) is 0 Å². The molecular formula is C27H42NO2+. The summed E-state index contributed by atoms with van der Waals surface area (Å²) in [7, 11) is 4.42. The Hall–Kier alpha value is -1.84. The number of nitrogens with zero attached hydrogens (tertiary/aromatic N) is 1. The van der Waals surface area contributed by atoms with Gasteiger partial charge in [-0.2, -0.15) is 0 Å². The highest BCUT2D eigenvalue weighted by Crippen LogP contribution is 2.40. The van der Waals surface area contributed by atoms with Crippen molar-refractivity contribution in [2.75, 3.05) is 27.2 Å². The van der Waals surface area contributed by atoms with E-state index in [1.54, 1.807) is 0 Å². The molecule has 0 aromatic heterocycles. The van der Waals surface area contributed by atoms with Crippen LogP contribution in [0, 0.1) is 0 Å². The monoisotopic (exact) mass is 412 g/mol. The van der Waals surface area contributed by atoms with Gasteiger partial charge in [0.25, 0.3) is 0 Å². The van der Waals surface area contributed by atoms with Gasteiger partial charge in [-0.3, -0.25) is 9.22 Å². The van der Waals surface area contributed by atoms with E-state index in [4.69, 9.17) is 9.47 Å². The Labute approximate surface area is 184 Å². The fraction of sp³-hybridized carbons (Fsp3) is 0.556. The Morgan fingerprint density at radius 2 is 1.47 bits per heavy atom. The first-order valence-electron chi connectivity index (χ1n) is 11.8. The Morgan fingerprint density at radius 1 is 0.800 bits per heavy atom. The largest absolute Gasteiger partial charge is 0.413 e. The number of aryl methyl sites for hydroxylation is 1. The highest BCUT2D eigenvalue weighted by molar-refractivity contribution is 5.39. The van der Waals surface area contributed by atoms with Crippen molar-refractivity contribution in [3.63, 3.8) is 0 Å². The van der Waals surface area contributed by atoms with Gasteiger partial charge in [0.1, 0.15) is 5.75 Å². The third-order valence-corrected chi connectivity index (χ3v) is 6.12. The number of unbranched alkanes of at least 4 members (excludes halogenated alkanes) is 2. The van der Waals surface area contributed by atoms with Crippen LogP contribution < -0.4 is 4.74 Å². The molecule has 166 valence electrons. The van der Waals surface area contributed by atoms with Crippen LogP contribution in [0.5, 0.6) is 5.75 Å². The SMILES string of the molecule is CCCCc1cccc(C(OCC)(Oc2ccccc2)[N+](C)(C)CC)c1CCCC. The first-order chi connectivity index (χ1) is 14.5. The van der Waals surface area contributed by atoms with Gasteiger partial charge in [0.15, 0.2) is 0 Å². The minimum absolute atomic E-state index is 0.584. The minimum Gasteiger partial charge on any atom is -0.413 e. The average molecular weight is 413 g/mol. The molecule has 1 unspecified atom stereocenters. The summed E-state index contributed by atoms with van der Waals surface area (Å²) in [5.74, 6) is -0.0538. The van der Waals surface area contributed by atoms with Crippen LogP contribution >= 0.6 is 0 Å². The molecular weight excluding hydrogens is 370 g/mol. The maximum absolute atomic E-state index is 6.81. The van der Waals surface area contributed by atoms with Crippen LogP contribution in [0.15, 0.2) is 48.5 Å². The van der Waals surface area contributed by atoms with Gasteiger partial charge in [0, 0.05) is 0 Å². The van der Waals surface area contributed by atoms with Gasteiger partial charge in [0.05, 0.1) is 32.8 Å². The van der Waals surface area contributed by atoms with Gasteiger partial charge < -0.3 is 4.74 Å². The lowest BCUT2D eigenvalue weighted by Gasteiger charge is -2.46. The van der Waals surface area contributed by atoms with Crippen LogP contribution in [0.2, 0.25) is 0 Å². The minimum atomic E-state index is -0.893. The molecule has 0 radical (unpaired) electrons. The lowest BCUT2D eigenvalue weighted by atomic mass is 9.90. The van der Waals surface area contributed by atoms with Crippen molar-refractivity contribution in [2.45, 2.75) is 72.1 Å². The van der Waals surface area contributed by atoms with E-state index in [2.05, 4.69) is 60.0 Å². The van der Waals surface area contributed by atoms with Crippen molar-refractivity contribution in [1.82, 2.24) is 0 Å². The van der Waals surface area contributed by atoms with E-state index in [0.717, 1.165) is 25.1 Å². The molecule has 30 heavy (non-hydrogen) atoms. The van der Waals surface area contributed by atoms with Gasteiger partial charge in [-0.05, 0) is 68.9 Å². The van der Waals surface area contributed by atoms with Crippen LogP contribution in [0.4, 0.5) is 0 Å². The third-order valence-electron chi connectivity index (χ3n) is 6.12. The summed E-state index contributed by atoms with van der Waals surface area (Å²) in [6.07, 6.45) is 6.91. The highest BCUT2D eigenvalue weighted by Gasteiger charge is 2.52. The van der Waals surface area contributed by atoms with E-state index >= 15 is 0 Å². The van der Waals surface area contributed by atoms with Crippen molar-refractivity contribution in [1.29, 1.82) is 0 Å². The first-order valence-corrected chi connectivity index (χ1v) is 11.8. The van der Waals surface area contributed by atoms with Crippen molar-refractivity contribution in [3.05, 3.63) is 65.2 Å². The highest BCUT2D eigenvalue weighted by atomic mass is 16.7. The van der Waals surface area contributed by atoms with Gasteiger partial charge in [-0.1, -0.05) is 57.0 Å². The molecule has 0 heterocycles. The van der Waals surface area contributed by atoms with E-state index in [1.165, 1.54) is 42.4 Å². The van der Waals surface area contributed by atoms with E-state index in [1.807, 2.05) is 30.3 Å². The molecule has 2 rings (SSSR count). The van der Waals surface area contributed by atoms with Gasteiger partial charge >= 0.3 is 5.91 Å². The Morgan fingerprint density at radius 3 is 2.07 bits per heavy atom. The molecule has 0 amide bonds. The summed E-state index contributed by atoms with van der Waals surface area (Å²) in [4.78, 5) is 0. The second-order valence-electron chi connectivity index (χ2n) is 8.58. The summed E-state index contributed by atoms with van der Waals surface area (Å²) in [5, 5.41) is 0. The number of para-hydroxylation sites is 1. The van der Waals surface area contributed by atoms with E-state index in [-0.39, 0.29) is 0 Å². The summed E-state index contributed by atoms with van der Waals surface area (Å²) in [6, 6.07) is 16.8. The van der Waals surface area contributed by atoms with Gasteiger partial charge in [0.2, 0.25) is 0 Å². The van der Waals surface area contributed by atoms with E-state index in [9.17, 15) is 0 Å². The molecule has 0 spiro atoms. The zero-order valence-corrected chi connectivity index (χ0v) is 20.0. The normalized spacial score (nSPS) is 13.8. The maximum atomic E-state index is 6.81. The molecule has 0 aliphatic carbocycles. The zero-order valence-electron chi connectivity index (χ0n) is 20.0. The van der Waals surface area contributed by atoms with E-state index < -0.39 is 5.91 Å². The Balaban J connectivity index is 2.72. The van der Waals surface area contributed by atoms with Crippen LogP contribution in [0.1, 0.15) is 70.1 Å². The van der Waals surface area contributed by atoms with Crippen LogP contribution in [0.25, 0.3) is 0 Å². The third kappa shape index (κ3) is 5.44. The molecule has 3 nitrogen and oxygen atoms in total. The van der Waals surface area contributed by atoms with E-state index in [0.29, 0.717) is 11.1 Å². The predicted molar refractivity (Wildman–Crippen MR) is 127 cm³/mol. The number of rotatable bonds is 13.